The zero-order chi connectivity index (χ0) is 17.3. The minimum absolute atomic E-state index is 0.121. The van der Waals surface area contributed by atoms with E-state index >= 15 is 0 Å². The van der Waals surface area contributed by atoms with Crippen molar-refractivity contribution in [3.8, 4) is 5.13 Å². The lowest BCUT2D eigenvalue weighted by Crippen LogP contribution is -2.15. The Kier molecular flexibility index (Phi) is 4.35. The van der Waals surface area contributed by atoms with Gasteiger partial charge >= 0.3 is 5.97 Å². The number of carbonyl (C=O) groups excluding carboxylic acids is 2. The largest absolute Gasteiger partial charge is 0.457 e. The number of carbonyl (C=O) groups is 2. The molecule has 3 rings (SSSR count). The number of esters is 1. The second kappa shape index (κ2) is 6.45. The molecule has 0 spiro atoms. The van der Waals surface area contributed by atoms with Gasteiger partial charge in [-0.15, -0.1) is 11.3 Å². The molecule has 6 nitrogen and oxygen atoms in total. The number of ether oxygens (including phenoxy) is 1. The average molecular weight is 344 g/mol. The summed E-state index contributed by atoms with van der Waals surface area (Å²) >= 11 is 1.49. The van der Waals surface area contributed by atoms with Crippen LogP contribution >= 0.6 is 11.3 Å². The van der Waals surface area contributed by atoms with Crippen molar-refractivity contribution in [2.24, 2.45) is 0 Å². The fraction of sp³-hybridized carbons (Fsp3) is 0.235. The predicted octanol–water partition coefficient (Wildman–Crippen LogP) is 3.49. The van der Waals surface area contributed by atoms with Gasteiger partial charge in [-0.1, -0.05) is 0 Å². The van der Waals surface area contributed by atoms with Crippen LogP contribution in [-0.4, -0.2) is 27.9 Å². The molecule has 0 radical (unpaired) electrons. The highest BCUT2D eigenvalue weighted by Gasteiger charge is 2.20. The Hall–Kier alpha value is -2.67. The second-order valence-corrected chi connectivity index (χ2v) is 6.24. The fourth-order valence-corrected chi connectivity index (χ4v) is 3.27. The van der Waals surface area contributed by atoms with E-state index in [2.05, 4.69) is 4.98 Å². The number of furan rings is 1. The number of aromatic nitrogens is 2. The lowest BCUT2D eigenvalue weighted by Gasteiger charge is -2.06. The van der Waals surface area contributed by atoms with E-state index in [1.165, 1.54) is 17.6 Å². The molecule has 0 fully saturated rings. The number of Topliss-reactive ketones (excluding diaryl/α,β-unsaturated/α-hetero) is 1. The van der Waals surface area contributed by atoms with Gasteiger partial charge in [0.15, 0.2) is 11.7 Å². The van der Waals surface area contributed by atoms with Gasteiger partial charge in [0.1, 0.15) is 0 Å². The standard InChI is InChI=1S/C17H16N2O4S/c1-10-4-6-22-15(10)16(21)23-9-14(20)13-8-11(2)19(12(13)3)17-18-5-7-24-17/h4-8H,9H2,1-3H3. The number of nitrogens with zero attached hydrogens (tertiary/aromatic N) is 2. The Morgan fingerprint density at radius 1 is 1.33 bits per heavy atom. The van der Waals surface area contributed by atoms with Crippen LogP contribution in [0.4, 0.5) is 0 Å². The van der Waals surface area contributed by atoms with Crippen molar-refractivity contribution in [2.45, 2.75) is 20.8 Å². The molecule has 0 aromatic carbocycles. The highest BCUT2D eigenvalue weighted by Crippen LogP contribution is 2.22. The van der Waals surface area contributed by atoms with Crippen LogP contribution in [0.25, 0.3) is 5.13 Å². The van der Waals surface area contributed by atoms with Crippen LogP contribution in [0.1, 0.15) is 37.9 Å². The molecule has 0 atom stereocenters. The van der Waals surface area contributed by atoms with Gasteiger partial charge in [0.05, 0.1) is 6.26 Å². The zero-order valence-corrected chi connectivity index (χ0v) is 14.3. The molecule has 0 aliphatic carbocycles. The van der Waals surface area contributed by atoms with Crippen LogP contribution < -0.4 is 0 Å². The highest BCUT2D eigenvalue weighted by molar-refractivity contribution is 7.12. The SMILES string of the molecule is Cc1ccoc1C(=O)OCC(=O)c1cc(C)n(-c2nccs2)c1C. The van der Waals surface area contributed by atoms with E-state index in [0.29, 0.717) is 11.1 Å². The quantitative estimate of drug-likeness (QED) is 0.523. The molecule has 7 heteroatoms. The summed E-state index contributed by atoms with van der Waals surface area (Å²) < 4.78 is 12.1. The maximum atomic E-state index is 12.4. The van der Waals surface area contributed by atoms with E-state index in [4.69, 9.17) is 9.15 Å². The minimum Gasteiger partial charge on any atom is -0.457 e. The summed E-state index contributed by atoms with van der Waals surface area (Å²) in [6.45, 7) is 5.16. The molecule has 0 unspecified atom stereocenters. The molecule has 0 aliphatic heterocycles. The number of rotatable bonds is 5. The summed E-state index contributed by atoms with van der Waals surface area (Å²) in [7, 11) is 0. The Balaban J connectivity index is 1.76. The summed E-state index contributed by atoms with van der Waals surface area (Å²) in [5.74, 6) is -0.779. The molecule has 0 saturated heterocycles. The van der Waals surface area contributed by atoms with Crippen molar-refractivity contribution in [1.29, 1.82) is 0 Å². The number of hydrogen-bond acceptors (Lipinski definition) is 6. The number of thiazole rings is 1. The molecule has 3 aromatic heterocycles. The molecule has 124 valence electrons. The van der Waals surface area contributed by atoms with Crippen LogP contribution in [0.15, 0.2) is 34.4 Å². The zero-order valence-electron chi connectivity index (χ0n) is 13.5. The molecule has 0 amide bonds. The third kappa shape index (κ3) is 2.90. The van der Waals surface area contributed by atoms with Crippen molar-refractivity contribution >= 4 is 23.1 Å². The first kappa shape index (κ1) is 16.2. The minimum atomic E-state index is -0.639. The summed E-state index contributed by atoms with van der Waals surface area (Å²) in [5.41, 5.74) is 2.87. The molecule has 3 heterocycles. The van der Waals surface area contributed by atoms with Crippen molar-refractivity contribution < 1.29 is 18.7 Å². The van der Waals surface area contributed by atoms with Crippen molar-refractivity contribution in [3.05, 3.63) is 58.2 Å². The molecule has 0 saturated carbocycles. The lowest BCUT2D eigenvalue weighted by atomic mass is 10.1. The third-order valence-corrected chi connectivity index (χ3v) is 4.48. The number of ketones is 1. The predicted molar refractivity (Wildman–Crippen MR) is 89.0 cm³/mol. The second-order valence-electron chi connectivity index (χ2n) is 5.37. The van der Waals surface area contributed by atoms with E-state index in [1.54, 1.807) is 25.3 Å². The normalized spacial score (nSPS) is 10.8. The van der Waals surface area contributed by atoms with Gasteiger partial charge in [-0.3, -0.25) is 9.36 Å². The maximum Gasteiger partial charge on any atom is 0.374 e. The number of hydrogen-bond donors (Lipinski definition) is 0. The van der Waals surface area contributed by atoms with E-state index in [0.717, 1.165) is 16.5 Å². The smallest absolute Gasteiger partial charge is 0.374 e. The van der Waals surface area contributed by atoms with Crippen LogP contribution in [0.3, 0.4) is 0 Å². The van der Waals surface area contributed by atoms with Crippen molar-refractivity contribution in [1.82, 2.24) is 9.55 Å². The van der Waals surface area contributed by atoms with Gasteiger partial charge in [0, 0.05) is 34.1 Å². The molecule has 0 bridgehead atoms. The molecule has 3 aromatic rings. The van der Waals surface area contributed by atoms with Gasteiger partial charge < -0.3 is 9.15 Å². The van der Waals surface area contributed by atoms with Crippen LogP contribution in [0.5, 0.6) is 0 Å². The first-order valence-electron chi connectivity index (χ1n) is 7.32. The summed E-state index contributed by atoms with van der Waals surface area (Å²) in [5, 5.41) is 2.68. The van der Waals surface area contributed by atoms with E-state index in [9.17, 15) is 9.59 Å². The third-order valence-electron chi connectivity index (χ3n) is 3.72. The highest BCUT2D eigenvalue weighted by atomic mass is 32.1. The summed E-state index contributed by atoms with van der Waals surface area (Å²) in [6.07, 6.45) is 3.13. The summed E-state index contributed by atoms with van der Waals surface area (Å²) in [4.78, 5) is 28.6. The van der Waals surface area contributed by atoms with Crippen molar-refractivity contribution in [3.63, 3.8) is 0 Å². The van der Waals surface area contributed by atoms with Gasteiger partial charge in [0.25, 0.3) is 0 Å². The first-order valence-corrected chi connectivity index (χ1v) is 8.20. The van der Waals surface area contributed by atoms with Crippen molar-refractivity contribution in [2.75, 3.05) is 6.61 Å². The topological polar surface area (TPSA) is 74.3 Å². The van der Waals surface area contributed by atoms with Crippen LogP contribution in [-0.2, 0) is 4.74 Å². The summed E-state index contributed by atoms with van der Waals surface area (Å²) in [6, 6.07) is 3.45. The van der Waals surface area contributed by atoms with E-state index in [1.807, 2.05) is 23.8 Å². The Bertz CT molecular complexity index is 890. The first-order chi connectivity index (χ1) is 11.5. The average Bonchev–Trinajstić information content (AvgIpc) is 3.26. The molecular formula is C17H16N2O4S. The van der Waals surface area contributed by atoms with E-state index < -0.39 is 5.97 Å². The number of aryl methyl sites for hydroxylation is 2. The van der Waals surface area contributed by atoms with Crippen LogP contribution in [0.2, 0.25) is 0 Å². The monoisotopic (exact) mass is 344 g/mol. The molecule has 0 N–H and O–H groups in total. The van der Waals surface area contributed by atoms with E-state index in [-0.39, 0.29) is 18.2 Å². The van der Waals surface area contributed by atoms with Gasteiger partial charge in [-0.25, -0.2) is 9.78 Å². The van der Waals surface area contributed by atoms with Crippen LogP contribution in [0, 0.1) is 20.8 Å². The van der Waals surface area contributed by atoms with Gasteiger partial charge in [0.2, 0.25) is 11.5 Å². The molecule has 0 aliphatic rings. The van der Waals surface area contributed by atoms with Gasteiger partial charge in [-0.05, 0) is 32.9 Å². The molecular weight excluding hydrogens is 328 g/mol. The Morgan fingerprint density at radius 2 is 2.12 bits per heavy atom. The fourth-order valence-electron chi connectivity index (χ4n) is 2.52. The van der Waals surface area contributed by atoms with Gasteiger partial charge in [-0.2, -0.15) is 0 Å². The Labute approximate surface area is 142 Å². The lowest BCUT2D eigenvalue weighted by molar-refractivity contribution is 0.0442. The maximum absolute atomic E-state index is 12.4. The molecule has 24 heavy (non-hydrogen) atoms. The Morgan fingerprint density at radius 3 is 2.75 bits per heavy atom.